The van der Waals surface area contributed by atoms with Crippen molar-refractivity contribution < 1.29 is 9.90 Å². The molecule has 5 nitrogen and oxygen atoms in total. The van der Waals surface area contributed by atoms with Crippen LogP contribution in [0.4, 0.5) is 9.93 Å². The number of hydrogen-bond donors (Lipinski definition) is 3. The predicted octanol–water partition coefficient (Wildman–Crippen LogP) is 2.19. The maximum Gasteiger partial charge on any atom is 0.321 e. The van der Waals surface area contributed by atoms with Gasteiger partial charge in [0.25, 0.3) is 0 Å². The van der Waals surface area contributed by atoms with Gasteiger partial charge in [-0.15, -0.1) is 0 Å². The second-order valence-electron chi connectivity index (χ2n) is 4.01. The standard InChI is InChI=1S/C12H15N3O2S/c1-8(16)6-7-13-11(17)15-12-14-9-4-2-3-5-10(9)18-12/h2-5,8,16H,6-7H2,1H3,(H2,13,14,15,17). The number of rotatable bonds is 4. The summed E-state index contributed by atoms with van der Waals surface area (Å²) in [6.45, 7) is 2.13. The number of amides is 2. The molecule has 1 heterocycles. The fourth-order valence-electron chi connectivity index (χ4n) is 1.46. The van der Waals surface area contributed by atoms with Crippen LogP contribution in [0.3, 0.4) is 0 Å². The normalized spacial score (nSPS) is 12.3. The van der Waals surface area contributed by atoms with Crippen LogP contribution in [-0.4, -0.2) is 28.8 Å². The minimum atomic E-state index is -0.409. The molecular formula is C12H15N3O2S. The molecule has 2 aromatic rings. The van der Waals surface area contributed by atoms with Gasteiger partial charge in [-0.3, -0.25) is 5.32 Å². The number of anilines is 1. The first-order valence-electron chi connectivity index (χ1n) is 5.73. The van der Waals surface area contributed by atoms with Crippen LogP contribution in [0, 0.1) is 0 Å². The molecule has 0 aliphatic rings. The van der Waals surface area contributed by atoms with E-state index in [2.05, 4.69) is 15.6 Å². The molecule has 2 rings (SSSR count). The molecule has 6 heteroatoms. The third-order valence-electron chi connectivity index (χ3n) is 2.36. The van der Waals surface area contributed by atoms with Crippen LogP contribution in [0.5, 0.6) is 0 Å². The molecule has 0 fully saturated rings. The molecule has 0 spiro atoms. The average molecular weight is 265 g/mol. The summed E-state index contributed by atoms with van der Waals surface area (Å²) in [5, 5.41) is 15.0. The Morgan fingerprint density at radius 3 is 3.00 bits per heavy atom. The number of benzene rings is 1. The summed E-state index contributed by atoms with van der Waals surface area (Å²) in [7, 11) is 0. The van der Waals surface area contributed by atoms with Crippen LogP contribution < -0.4 is 10.6 Å². The van der Waals surface area contributed by atoms with Crippen molar-refractivity contribution in [2.45, 2.75) is 19.4 Å². The Morgan fingerprint density at radius 1 is 1.50 bits per heavy atom. The summed E-state index contributed by atoms with van der Waals surface area (Å²) in [5.74, 6) is 0. The van der Waals surface area contributed by atoms with Gasteiger partial charge < -0.3 is 10.4 Å². The van der Waals surface area contributed by atoms with Crippen molar-refractivity contribution in [3.05, 3.63) is 24.3 Å². The van der Waals surface area contributed by atoms with Crippen molar-refractivity contribution in [2.75, 3.05) is 11.9 Å². The van der Waals surface area contributed by atoms with E-state index >= 15 is 0 Å². The molecule has 0 radical (unpaired) electrons. The molecule has 1 unspecified atom stereocenters. The molecule has 18 heavy (non-hydrogen) atoms. The van der Waals surface area contributed by atoms with E-state index in [1.807, 2.05) is 24.3 Å². The largest absolute Gasteiger partial charge is 0.393 e. The molecule has 0 saturated heterocycles. The Hall–Kier alpha value is -1.66. The lowest BCUT2D eigenvalue weighted by Gasteiger charge is -2.06. The molecule has 0 bridgehead atoms. The van der Waals surface area contributed by atoms with Gasteiger partial charge in [0.15, 0.2) is 5.13 Å². The zero-order valence-electron chi connectivity index (χ0n) is 10.0. The molecule has 1 aromatic carbocycles. The van der Waals surface area contributed by atoms with Gasteiger partial charge in [0, 0.05) is 6.54 Å². The van der Waals surface area contributed by atoms with Gasteiger partial charge in [-0.2, -0.15) is 0 Å². The highest BCUT2D eigenvalue weighted by molar-refractivity contribution is 7.22. The third-order valence-corrected chi connectivity index (χ3v) is 3.31. The molecule has 1 atom stereocenters. The summed E-state index contributed by atoms with van der Waals surface area (Å²) in [6, 6.07) is 7.42. The number of carbonyl (C=O) groups excluding carboxylic acids is 1. The first kappa shape index (κ1) is 12.8. The van der Waals surface area contributed by atoms with Crippen molar-refractivity contribution in [1.82, 2.24) is 10.3 Å². The fraction of sp³-hybridized carbons (Fsp3) is 0.333. The van der Waals surface area contributed by atoms with E-state index in [0.29, 0.717) is 18.1 Å². The van der Waals surface area contributed by atoms with Gasteiger partial charge in [0.05, 0.1) is 16.3 Å². The predicted molar refractivity (Wildman–Crippen MR) is 72.9 cm³/mol. The lowest BCUT2D eigenvalue weighted by molar-refractivity contribution is 0.184. The zero-order valence-corrected chi connectivity index (χ0v) is 10.8. The summed E-state index contributed by atoms with van der Waals surface area (Å²) in [5.41, 5.74) is 0.877. The number of urea groups is 1. The summed E-state index contributed by atoms with van der Waals surface area (Å²) in [4.78, 5) is 15.8. The van der Waals surface area contributed by atoms with Gasteiger partial charge in [-0.05, 0) is 25.5 Å². The van der Waals surface area contributed by atoms with Gasteiger partial charge in [-0.25, -0.2) is 9.78 Å². The summed E-state index contributed by atoms with van der Waals surface area (Å²) < 4.78 is 1.04. The number of para-hydroxylation sites is 1. The molecule has 1 aromatic heterocycles. The van der Waals surface area contributed by atoms with E-state index in [9.17, 15) is 4.79 Å². The lowest BCUT2D eigenvalue weighted by atomic mass is 10.3. The number of aliphatic hydroxyl groups excluding tert-OH is 1. The van der Waals surface area contributed by atoms with Crippen LogP contribution in [-0.2, 0) is 0 Å². The number of nitrogens with one attached hydrogen (secondary N) is 2. The number of fused-ring (bicyclic) bond motifs is 1. The molecule has 0 aliphatic carbocycles. The maximum atomic E-state index is 11.5. The fourth-order valence-corrected chi connectivity index (χ4v) is 2.32. The summed E-state index contributed by atoms with van der Waals surface area (Å²) in [6.07, 6.45) is 0.125. The number of hydrogen-bond acceptors (Lipinski definition) is 4. The second-order valence-corrected chi connectivity index (χ2v) is 5.04. The van der Waals surface area contributed by atoms with Crippen LogP contribution in [0.15, 0.2) is 24.3 Å². The first-order chi connectivity index (χ1) is 8.65. The van der Waals surface area contributed by atoms with Gasteiger partial charge in [0.2, 0.25) is 0 Å². The highest BCUT2D eigenvalue weighted by atomic mass is 32.1. The number of carbonyl (C=O) groups is 1. The monoisotopic (exact) mass is 265 g/mol. The van der Waals surface area contributed by atoms with Crippen molar-refractivity contribution in [2.24, 2.45) is 0 Å². The Morgan fingerprint density at radius 2 is 2.28 bits per heavy atom. The highest BCUT2D eigenvalue weighted by Crippen LogP contribution is 2.25. The summed E-state index contributed by atoms with van der Waals surface area (Å²) >= 11 is 1.43. The number of aliphatic hydroxyl groups is 1. The van der Waals surface area contributed by atoms with E-state index in [1.54, 1.807) is 6.92 Å². The van der Waals surface area contributed by atoms with E-state index < -0.39 is 6.10 Å². The minimum Gasteiger partial charge on any atom is -0.393 e. The van der Waals surface area contributed by atoms with Crippen molar-refractivity contribution in [3.63, 3.8) is 0 Å². The number of thiazole rings is 1. The van der Waals surface area contributed by atoms with Gasteiger partial charge in [0.1, 0.15) is 0 Å². The topological polar surface area (TPSA) is 74.2 Å². The van der Waals surface area contributed by atoms with Crippen LogP contribution in [0.25, 0.3) is 10.2 Å². The Kier molecular flexibility index (Phi) is 4.11. The van der Waals surface area contributed by atoms with E-state index in [-0.39, 0.29) is 6.03 Å². The molecule has 3 N–H and O–H groups in total. The van der Waals surface area contributed by atoms with Gasteiger partial charge in [-0.1, -0.05) is 23.5 Å². The quantitative estimate of drug-likeness (QED) is 0.793. The Balaban J connectivity index is 1.90. The number of nitrogens with zero attached hydrogens (tertiary/aromatic N) is 1. The molecular weight excluding hydrogens is 250 g/mol. The number of aromatic nitrogens is 1. The zero-order chi connectivity index (χ0) is 13.0. The van der Waals surface area contributed by atoms with Crippen molar-refractivity contribution in [1.29, 1.82) is 0 Å². The van der Waals surface area contributed by atoms with Crippen molar-refractivity contribution in [3.8, 4) is 0 Å². The SMILES string of the molecule is CC(O)CCNC(=O)Nc1nc2ccccc2s1. The third kappa shape index (κ3) is 3.41. The smallest absolute Gasteiger partial charge is 0.321 e. The lowest BCUT2D eigenvalue weighted by Crippen LogP contribution is -2.30. The van der Waals surface area contributed by atoms with Crippen molar-refractivity contribution >= 4 is 32.7 Å². The second kappa shape index (κ2) is 5.79. The molecule has 96 valence electrons. The average Bonchev–Trinajstić information content (AvgIpc) is 2.70. The Labute approximate surface area is 109 Å². The van der Waals surface area contributed by atoms with Gasteiger partial charge >= 0.3 is 6.03 Å². The van der Waals surface area contributed by atoms with E-state index in [0.717, 1.165) is 10.2 Å². The Bertz CT molecular complexity index is 506. The maximum absolute atomic E-state index is 11.5. The van der Waals surface area contributed by atoms with E-state index in [1.165, 1.54) is 11.3 Å². The molecule has 0 saturated carbocycles. The highest BCUT2D eigenvalue weighted by Gasteiger charge is 2.06. The van der Waals surface area contributed by atoms with Crippen LogP contribution in [0.1, 0.15) is 13.3 Å². The minimum absolute atomic E-state index is 0.297. The van der Waals surface area contributed by atoms with E-state index in [4.69, 9.17) is 5.11 Å². The molecule has 2 amide bonds. The van der Waals surface area contributed by atoms with Crippen LogP contribution >= 0.6 is 11.3 Å². The first-order valence-corrected chi connectivity index (χ1v) is 6.55. The van der Waals surface area contributed by atoms with Crippen LogP contribution in [0.2, 0.25) is 0 Å². The molecule has 0 aliphatic heterocycles.